The zero-order valence-corrected chi connectivity index (χ0v) is 9.04. The molecule has 1 aliphatic heterocycles. The normalized spacial score (nSPS) is 17.0. The molecular formula is C12H15NO2. The summed E-state index contributed by atoms with van der Waals surface area (Å²) in [6.07, 6.45) is 0.841. The van der Waals surface area contributed by atoms with Crippen molar-refractivity contribution in [3.63, 3.8) is 0 Å². The molecule has 0 amide bonds. The molecule has 1 aromatic rings. The van der Waals surface area contributed by atoms with E-state index in [0.717, 1.165) is 17.7 Å². The number of carbonyl (C=O) groups excluding carboxylic acids is 1. The Morgan fingerprint density at radius 2 is 2.27 bits per heavy atom. The van der Waals surface area contributed by atoms with E-state index in [-0.39, 0.29) is 17.9 Å². The summed E-state index contributed by atoms with van der Waals surface area (Å²) in [5.74, 6) is 0.857. The van der Waals surface area contributed by atoms with E-state index in [1.807, 2.05) is 26.0 Å². The van der Waals surface area contributed by atoms with Crippen LogP contribution < -0.4 is 10.5 Å². The zero-order chi connectivity index (χ0) is 11.1. The monoisotopic (exact) mass is 205 g/mol. The van der Waals surface area contributed by atoms with E-state index in [4.69, 9.17) is 10.5 Å². The Hall–Kier alpha value is -1.35. The molecule has 0 bridgehead atoms. The molecular weight excluding hydrogens is 190 g/mol. The number of nitrogens with two attached hydrogens (primary N) is 1. The summed E-state index contributed by atoms with van der Waals surface area (Å²) in [4.78, 5) is 11.4. The van der Waals surface area contributed by atoms with E-state index in [2.05, 4.69) is 0 Å². The quantitative estimate of drug-likeness (QED) is 0.745. The second kappa shape index (κ2) is 3.35. The van der Waals surface area contributed by atoms with Crippen molar-refractivity contribution in [3.05, 3.63) is 29.3 Å². The van der Waals surface area contributed by atoms with Crippen LogP contribution in [0.3, 0.4) is 0 Å². The van der Waals surface area contributed by atoms with Gasteiger partial charge in [0.2, 0.25) is 0 Å². The molecule has 15 heavy (non-hydrogen) atoms. The van der Waals surface area contributed by atoms with Crippen LogP contribution in [0, 0.1) is 0 Å². The number of carbonyl (C=O) groups is 1. The number of ether oxygens (including phenoxy) is 1. The van der Waals surface area contributed by atoms with E-state index in [0.29, 0.717) is 5.56 Å². The van der Waals surface area contributed by atoms with E-state index in [9.17, 15) is 4.79 Å². The molecule has 3 heteroatoms. The smallest absolute Gasteiger partial charge is 0.176 e. The number of rotatable bonds is 2. The van der Waals surface area contributed by atoms with Crippen molar-refractivity contribution in [3.8, 4) is 5.75 Å². The standard InChI is InChI=1S/C12H15NO2/c1-12(2)6-9-5-8(10(14)7-13)3-4-11(9)15-12/h3-5H,6-7,13H2,1-2H3. The molecule has 1 aromatic carbocycles. The first-order valence-corrected chi connectivity index (χ1v) is 5.07. The Bertz CT molecular complexity index is 410. The molecule has 0 aromatic heterocycles. The van der Waals surface area contributed by atoms with E-state index < -0.39 is 0 Å². The van der Waals surface area contributed by atoms with Gasteiger partial charge in [-0.05, 0) is 37.6 Å². The highest BCUT2D eigenvalue weighted by Crippen LogP contribution is 2.35. The fourth-order valence-electron chi connectivity index (χ4n) is 1.90. The Morgan fingerprint density at radius 1 is 1.53 bits per heavy atom. The maximum Gasteiger partial charge on any atom is 0.176 e. The number of benzene rings is 1. The van der Waals surface area contributed by atoms with Gasteiger partial charge in [0.15, 0.2) is 5.78 Å². The summed E-state index contributed by atoms with van der Waals surface area (Å²) in [5, 5.41) is 0. The number of Topliss-reactive ketones (excluding diaryl/α,β-unsaturated/α-hetero) is 1. The van der Waals surface area contributed by atoms with Crippen molar-refractivity contribution >= 4 is 5.78 Å². The van der Waals surface area contributed by atoms with Crippen molar-refractivity contribution in [2.75, 3.05) is 6.54 Å². The lowest BCUT2D eigenvalue weighted by molar-refractivity contribution is 0.100. The van der Waals surface area contributed by atoms with Gasteiger partial charge in [-0.1, -0.05) is 0 Å². The maximum absolute atomic E-state index is 11.4. The van der Waals surface area contributed by atoms with Gasteiger partial charge in [-0.15, -0.1) is 0 Å². The molecule has 0 atom stereocenters. The summed E-state index contributed by atoms with van der Waals surface area (Å²) in [5.41, 5.74) is 6.94. The molecule has 0 fully saturated rings. The lowest BCUT2D eigenvalue weighted by atomic mass is 9.99. The van der Waals surface area contributed by atoms with Crippen LogP contribution in [0.5, 0.6) is 5.75 Å². The van der Waals surface area contributed by atoms with Crippen LogP contribution in [-0.4, -0.2) is 17.9 Å². The summed E-state index contributed by atoms with van der Waals surface area (Å²) >= 11 is 0. The largest absolute Gasteiger partial charge is 0.487 e. The van der Waals surface area contributed by atoms with Crippen molar-refractivity contribution in [2.45, 2.75) is 25.9 Å². The lowest BCUT2D eigenvalue weighted by Gasteiger charge is -2.16. The predicted molar refractivity (Wildman–Crippen MR) is 58.2 cm³/mol. The third-order valence-corrected chi connectivity index (χ3v) is 2.57. The number of ketones is 1. The van der Waals surface area contributed by atoms with Gasteiger partial charge in [-0.2, -0.15) is 0 Å². The third kappa shape index (κ3) is 1.88. The topological polar surface area (TPSA) is 52.3 Å². The van der Waals surface area contributed by atoms with Crippen molar-refractivity contribution in [1.82, 2.24) is 0 Å². The Kier molecular flexibility index (Phi) is 2.27. The Balaban J connectivity index is 2.34. The van der Waals surface area contributed by atoms with Gasteiger partial charge in [0.1, 0.15) is 11.4 Å². The maximum atomic E-state index is 11.4. The fraction of sp³-hybridized carbons (Fsp3) is 0.417. The Labute approximate surface area is 89.2 Å². The molecule has 80 valence electrons. The summed E-state index contributed by atoms with van der Waals surface area (Å²) in [7, 11) is 0. The summed E-state index contributed by atoms with van der Waals surface area (Å²) < 4.78 is 5.72. The molecule has 0 saturated carbocycles. The number of fused-ring (bicyclic) bond motifs is 1. The van der Waals surface area contributed by atoms with Gasteiger partial charge >= 0.3 is 0 Å². The van der Waals surface area contributed by atoms with Gasteiger partial charge in [0.05, 0.1) is 6.54 Å². The highest BCUT2D eigenvalue weighted by Gasteiger charge is 2.30. The van der Waals surface area contributed by atoms with Crippen LogP contribution in [0.15, 0.2) is 18.2 Å². The minimum absolute atomic E-state index is 0.0255. The van der Waals surface area contributed by atoms with Gasteiger partial charge in [0.25, 0.3) is 0 Å². The van der Waals surface area contributed by atoms with Crippen LogP contribution in [0.1, 0.15) is 29.8 Å². The number of hydrogen-bond acceptors (Lipinski definition) is 3. The Morgan fingerprint density at radius 3 is 2.93 bits per heavy atom. The number of hydrogen-bond donors (Lipinski definition) is 1. The molecule has 2 N–H and O–H groups in total. The molecule has 1 heterocycles. The van der Waals surface area contributed by atoms with E-state index in [1.165, 1.54) is 0 Å². The first kappa shape index (κ1) is 10.2. The third-order valence-electron chi connectivity index (χ3n) is 2.57. The molecule has 2 rings (SSSR count). The van der Waals surface area contributed by atoms with E-state index >= 15 is 0 Å². The van der Waals surface area contributed by atoms with Gasteiger partial charge in [-0.3, -0.25) is 4.79 Å². The van der Waals surface area contributed by atoms with Crippen molar-refractivity contribution in [2.24, 2.45) is 5.73 Å². The van der Waals surface area contributed by atoms with Gasteiger partial charge < -0.3 is 10.5 Å². The van der Waals surface area contributed by atoms with Crippen LogP contribution in [0.25, 0.3) is 0 Å². The van der Waals surface area contributed by atoms with Crippen LogP contribution in [0.2, 0.25) is 0 Å². The fourth-order valence-corrected chi connectivity index (χ4v) is 1.90. The highest BCUT2D eigenvalue weighted by atomic mass is 16.5. The molecule has 0 unspecified atom stereocenters. The second-order valence-electron chi connectivity index (χ2n) is 4.49. The first-order valence-electron chi connectivity index (χ1n) is 5.07. The first-order chi connectivity index (χ1) is 7.02. The SMILES string of the molecule is CC1(C)Cc2cc(C(=O)CN)ccc2O1. The molecule has 1 aliphatic rings. The molecule has 0 radical (unpaired) electrons. The minimum atomic E-state index is -0.160. The molecule has 3 nitrogen and oxygen atoms in total. The van der Waals surface area contributed by atoms with Crippen LogP contribution in [0.4, 0.5) is 0 Å². The molecule has 0 saturated heterocycles. The van der Waals surface area contributed by atoms with Crippen molar-refractivity contribution in [1.29, 1.82) is 0 Å². The van der Waals surface area contributed by atoms with Gasteiger partial charge in [-0.25, -0.2) is 0 Å². The average molecular weight is 205 g/mol. The van der Waals surface area contributed by atoms with Crippen molar-refractivity contribution < 1.29 is 9.53 Å². The summed E-state index contributed by atoms with van der Waals surface area (Å²) in [6.45, 7) is 4.14. The predicted octanol–water partition coefficient (Wildman–Crippen LogP) is 1.54. The summed E-state index contributed by atoms with van der Waals surface area (Å²) in [6, 6.07) is 5.52. The van der Waals surface area contributed by atoms with Crippen LogP contribution >= 0.6 is 0 Å². The highest BCUT2D eigenvalue weighted by molar-refractivity contribution is 5.97. The minimum Gasteiger partial charge on any atom is -0.487 e. The molecule has 0 spiro atoms. The molecule has 0 aliphatic carbocycles. The van der Waals surface area contributed by atoms with Crippen LogP contribution in [-0.2, 0) is 6.42 Å². The second-order valence-corrected chi connectivity index (χ2v) is 4.49. The lowest BCUT2D eigenvalue weighted by Crippen LogP contribution is -2.24. The van der Waals surface area contributed by atoms with E-state index in [1.54, 1.807) is 6.07 Å². The average Bonchev–Trinajstić information content (AvgIpc) is 2.49. The van der Waals surface area contributed by atoms with Gasteiger partial charge in [0, 0.05) is 12.0 Å². The zero-order valence-electron chi connectivity index (χ0n) is 9.04.